The Morgan fingerprint density at radius 2 is 1.61 bits per heavy atom. The predicted octanol–water partition coefficient (Wildman–Crippen LogP) is 5.52. The third kappa shape index (κ3) is 2.43. The summed E-state index contributed by atoms with van der Waals surface area (Å²) in [6.45, 7) is 2.05. The monoisotopic (exact) mass is 362 g/mol. The molecule has 4 aromatic carbocycles. The van der Waals surface area contributed by atoms with Crippen LogP contribution in [0.15, 0.2) is 84.3 Å². The Labute approximate surface area is 163 Å². The minimum atomic E-state index is -0.231. The molecule has 134 valence electrons. The van der Waals surface area contributed by atoms with Gasteiger partial charge in [-0.3, -0.25) is 0 Å². The zero-order valence-electron chi connectivity index (χ0n) is 15.4. The van der Waals surface area contributed by atoms with E-state index < -0.39 is 0 Å². The molecule has 0 aliphatic carbocycles. The maximum atomic E-state index is 9.76. The van der Waals surface area contributed by atoms with E-state index >= 15 is 0 Å². The number of allylic oxidation sites excluding steroid dienone is 1. The van der Waals surface area contributed by atoms with E-state index in [4.69, 9.17) is 10.5 Å². The fourth-order valence-electron chi connectivity index (χ4n) is 4.03. The quantitative estimate of drug-likeness (QED) is 0.454. The second-order valence-corrected chi connectivity index (χ2v) is 7.24. The molecule has 0 fully saturated rings. The van der Waals surface area contributed by atoms with Crippen LogP contribution in [-0.4, -0.2) is 0 Å². The molecule has 0 aromatic heterocycles. The van der Waals surface area contributed by atoms with Gasteiger partial charge in [0.25, 0.3) is 0 Å². The second-order valence-electron chi connectivity index (χ2n) is 7.24. The Morgan fingerprint density at radius 3 is 2.32 bits per heavy atom. The Kier molecular flexibility index (Phi) is 3.60. The van der Waals surface area contributed by atoms with Crippen LogP contribution in [-0.2, 0) is 0 Å². The van der Waals surface area contributed by atoms with Gasteiger partial charge >= 0.3 is 0 Å². The van der Waals surface area contributed by atoms with Crippen LogP contribution in [0.5, 0.6) is 5.75 Å². The van der Waals surface area contributed by atoms with E-state index in [-0.39, 0.29) is 11.8 Å². The average molecular weight is 362 g/mol. The molecule has 1 aliphatic heterocycles. The number of fused-ring (bicyclic) bond motifs is 4. The van der Waals surface area contributed by atoms with Gasteiger partial charge in [0.2, 0.25) is 5.88 Å². The summed E-state index contributed by atoms with van der Waals surface area (Å²) < 4.78 is 6.01. The number of nitriles is 1. The Balaban J connectivity index is 1.81. The summed E-state index contributed by atoms with van der Waals surface area (Å²) in [6.07, 6.45) is 0. The summed E-state index contributed by atoms with van der Waals surface area (Å²) in [4.78, 5) is 0. The highest BCUT2D eigenvalue weighted by Gasteiger charge is 2.31. The normalized spacial score (nSPS) is 15.9. The number of hydrogen-bond donors (Lipinski definition) is 1. The number of nitrogens with zero attached hydrogens (tertiary/aromatic N) is 1. The SMILES string of the molecule is Cc1ccc(C2C(C#N)=C(N)Oc3c2ccc2cc4ccccc4cc32)cc1. The van der Waals surface area contributed by atoms with E-state index in [1.807, 2.05) is 12.1 Å². The van der Waals surface area contributed by atoms with Gasteiger partial charge in [-0.1, -0.05) is 66.2 Å². The molecule has 1 unspecified atom stereocenters. The van der Waals surface area contributed by atoms with Crippen LogP contribution in [0.3, 0.4) is 0 Å². The summed E-state index contributed by atoms with van der Waals surface area (Å²) in [7, 11) is 0. The molecule has 1 atom stereocenters. The summed E-state index contributed by atoms with van der Waals surface area (Å²) in [6, 6.07) is 27.2. The van der Waals surface area contributed by atoms with Crippen LogP contribution in [0, 0.1) is 18.3 Å². The largest absolute Gasteiger partial charge is 0.440 e. The molecule has 2 N–H and O–H groups in total. The first-order valence-corrected chi connectivity index (χ1v) is 9.25. The molecular formula is C25H18N2O. The van der Waals surface area contributed by atoms with E-state index in [2.05, 4.69) is 73.7 Å². The molecule has 0 amide bonds. The molecule has 0 saturated carbocycles. The highest BCUT2D eigenvalue weighted by Crippen LogP contribution is 2.45. The van der Waals surface area contributed by atoms with Gasteiger partial charge in [0.15, 0.2) is 0 Å². The predicted molar refractivity (Wildman–Crippen MR) is 112 cm³/mol. The Hall–Kier alpha value is -3.77. The molecule has 0 bridgehead atoms. The first-order valence-electron chi connectivity index (χ1n) is 9.25. The van der Waals surface area contributed by atoms with Crippen molar-refractivity contribution in [2.45, 2.75) is 12.8 Å². The van der Waals surface area contributed by atoms with Crippen molar-refractivity contribution in [1.29, 1.82) is 5.26 Å². The van der Waals surface area contributed by atoms with Crippen LogP contribution in [0.2, 0.25) is 0 Å². The van der Waals surface area contributed by atoms with Crippen molar-refractivity contribution in [2.75, 3.05) is 0 Å². The maximum absolute atomic E-state index is 9.76. The number of benzene rings is 4. The van der Waals surface area contributed by atoms with Gasteiger partial charge in [-0.2, -0.15) is 5.26 Å². The summed E-state index contributed by atoms with van der Waals surface area (Å²) >= 11 is 0. The fraction of sp³-hybridized carbons (Fsp3) is 0.0800. The standard InChI is InChI=1S/C25H18N2O/c1-15-6-8-16(9-7-15)23-20-11-10-19-12-17-4-2-3-5-18(17)13-21(19)24(20)28-25(27)22(23)14-26/h2-13,23H,27H2,1H3. The maximum Gasteiger partial charge on any atom is 0.205 e. The molecular weight excluding hydrogens is 344 g/mol. The molecule has 4 aromatic rings. The molecule has 3 nitrogen and oxygen atoms in total. The molecule has 3 heteroatoms. The summed E-state index contributed by atoms with van der Waals surface area (Å²) in [5.41, 5.74) is 9.84. The Bertz CT molecular complexity index is 1310. The smallest absolute Gasteiger partial charge is 0.205 e. The van der Waals surface area contributed by atoms with Gasteiger partial charge in [0.05, 0.1) is 5.92 Å². The highest BCUT2D eigenvalue weighted by atomic mass is 16.5. The van der Waals surface area contributed by atoms with Crippen molar-refractivity contribution in [3.05, 3.63) is 101 Å². The minimum absolute atomic E-state index is 0.182. The van der Waals surface area contributed by atoms with Crippen LogP contribution >= 0.6 is 0 Å². The number of hydrogen-bond acceptors (Lipinski definition) is 3. The lowest BCUT2D eigenvalue weighted by molar-refractivity contribution is 0.398. The summed E-state index contributed by atoms with van der Waals surface area (Å²) in [5, 5.41) is 14.2. The van der Waals surface area contributed by atoms with Gasteiger partial charge < -0.3 is 10.5 Å². The van der Waals surface area contributed by atoms with E-state index in [1.54, 1.807) is 0 Å². The fourth-order valence-corrected chi connectivity index (χ4v) is 4.03. The summed E-state index contributed by atoms with van der Waals surface area (Å²) in [5.74, 6) is 0.691. The van der Waals surface area contributed by atoms with Crippen molar-refractivity contribution in [1.82, 2.24) is 0 Å². The second kappa shape index (κ2) is 6.14. The number of rotatable bonds is 1. The number of nitrogens with two attached hydrogens (primary N) is 1. The zero-order valence-corrected chi connectivity index (χ0v) is 15.4. The van der Waals surface area contributed by atoms with E-state index in [1.165, 1.54) is 10.9 Å². The van der Waals surface area contributed by atoms with Crippen molar-refractivity contribution >= 4 is 21.5 Å². The molecule has 0 radical (unpaired) electrons. The first-order chi connectivity index (χ1) is 13.7. The minimum Gasteiger partial charge on any atom is -0.440 e. The van der Waals surface area contributed by atoms with Crippen LogP contribution < -0.4 is 10.5 Å². The van der Waals surface area contributed by atoms with Crippen LogP contribution in [0.1, 0.15) is 22.6 Å². The lowest BCUT2D eigenvalue weighted by atomic mass is 9.82. The lowest BCUT2D eigenvalue weighted by Crippen LogP contribution is -2.21. The van der Waals surface area contributed by atoms with E-state index in [9.17, 15) is 5.26 Å². The Morgan fingerprint density at radius 1 is 0.893 bits per heavy atom. The molecule has 28 heavy (non-hydrogen) atoms. The molecule has 1 aliphatic rings. The topological polar surface area (TPSA) is 59.0 Å². The van der Waals surface area contributed by atoms with Crippen molar-refractivity contribution < 1.29 is 4.74 Å². The van der Waals surface area contributed by atoms with Gasteiger partial charge in [0.1, 0.15) is 17.4 Å². The third-order valence-electron chi connectivity index (χ3n) is 5.48. The molecule has 0 saturated heterocycles. The number of ether oxygens (including phenoxy) is 1. The zero-order chi connectivity index (χ0) is 19.3. The van der Waals surface area contributed by atoms with E-state index in [0.29, 0.717) is 5.57 Å². The third-order valence-corrected chi connectivity index (χ3v) is 5.48. The van der Waals surface area contributed by atoms with Crippen LogP contribution in [0.25, 0.3) is 21.5 Å². The number of aryl methyl sites for hydroxylation is 1. The van der Waals surface area contributed by atoms with Crippen molar-refractivity contribution in [2.24, 2.45) is 5.73 Å². The van der Waals surface area contributed by atoms with Gasteiger partial charge in [-0.25, -0.2) is 0 Å². The van der Waals surface area contributed by atoms with Gasteiger partial charge in [0, 0.05) is 10.9 Å². The highest BCUT2D eigenvalue weighted by molar-refractivity contribution is 6.02. The first kappa shape index (κ1) is 16.4. The lowest BCUT2D eigenvalue weighted by Gasteiger charge is -2.27. The van der Waals surface area contributed by atoms with E-state index in [0.717, 1.165) is 33.0 Å². The average Bonchev–Trinajstić information content (AvgIpc) is 2.72. The molecule has 5 rings (SSSR count). The van der Waals surface area contributed by atoms with Gasteiger partial charge in [-0.15, -0.1) is 0 Å². The van der Waals surface area contributed by atoms with Crippen molar-refractivity contribution in [3.8, 4) is 11.8 Å². The van der Waals surface area contributed by atoms with Gasteiger partial charge in [-0.05, 0) is 40.8 Å². The molecule has 1 heterocycles. The molecule has 0 spiro atoms. The van der Waals surface area contributed by atoms with Crippen LogP contribution in [0.4, 0.5) is 0 Å². The van der Waals surface area contributed by atoms with Crippen molar-refractivity contribution in [3.63, 3.8) is 0 Å².